The number of methoxy groups -OCH3 is 1. The number of aliphatic hydroxyl groups excluding tert-OH is 1. The van der Waals surface area contributed by atoms with Crippen LogP contribution >= 0.6 is 0 Å². The van der Waals surface area contributed by atoms with Gasteiger partial charge in [0.15, 0.2) is 17.2 Å². The lowest BCUT2D eigenvalue weighted by Gasteiger charge is -2.62. The van der Waals surface area contributed by atoms with E-state index in [1.54, 1.807) is 13.0 Å². The first kappa shape index (κ1) is 20.9. The van der Waals surface area contributed by atoms with Crippen LogP contribution in [-0.2, 0) is 14.3 Å². The van der Waals surface area contributed by atoms with Gasteiger partial charge in [-0.3, -0.25) is 9.59 Å². The van der Waals surface area contributed by atoms with Crippen LogP contribution in [0.5, 0.6) is 0 Å². The highest BCUT2D eigenvalue weighted by Crippen LogP contribution is 2.70. The van der Waals surface area contributed by atoms with Crippen LogP contribution in [0.1, 0.15) is 46.5 Å². The standard InChI is InChI=1S/C23H31FO5/c1-13-9-17-16-6-5-14-10-15(25)7-8-20(14,2)22(16,24)18(26)11-21(17,3)23(13,28)19(27)12-29-4/h7-8,10,13,16-18,26,28H,5-6,9,11-12H2,1-4H3/t13?,16-,17-,18?,20-,21-,22-,23-/m0/s1. The summed E-state index contributed by atoms with van der Waals surface area (Å²) in [4.78, 5) is 24.8. The van der Waals surface area contributed by atoms with E-state index >= 15 is 4.39 Å². The van der Waals surface area contributed by atoms with Crippen LogP contribution in [0.25, 0.3) is 0 Å². The van der Waals surface area contributed by atoms with E-state index in [1.165, 1.54) is 19.3 Å². The summed E-state index contributed by atoms with van der Waals surface area (Å²) in [5.74, 6) is -1.67. The Labute approximate surface area is 171 Å². The zero-order valence-electron chi connectivity index (χ0n) is 17.6. The van der Waals surface area contributed by atoms with Crippen LogP contribution in [-0.4, -0.2) is 52.9 Å². The van der Waals surface area contributed by atoms with Crippen molar-refractivity contribution < 1.29 is 28.9 Å². The molecule has 2 N–H and O–H groups in total. The number of halogens is 1. The highest BCUT2D eigenvalue weighted by atomic mass is 19.1. The maximum atomic E-state index is 16.9. The average molecular weight is 406 g/mol. The number of fused-ring (bicyclic) bond motifs is 5. The predicted molar refractivity (Wildman–Crippen MR) is 105 cm³/mol. The highest BCUT2D eigenvalue weighted by Gasteiger charge is 2.75. The topological polar surface area (TPSA) is 83.8 Å². The summed E-state index contributed by atoms with van der Waals surface area (Å²) in [5, 5.41) is 22.8. The number of ketones is 2. The molecule has 0 spiro atoms. The van der Waals surface area contributed by atoms with Crippen LogP contribution in [0, 0.1) is 28.6 Å². The van der Waals surface area contributed by atoms with E-state index in [1.807, 2.05) is 13.8 Å². The van der Waals surface area contributed by atoms with Gasteiger partial charge in [-0.15, -0.1) is 0 Å². The van der Waals surface area contributed by atoms with Crippen molar-refractivity contribution in [2.45, 2.75) is 63.8 Å². The second-order valence-electron chi connectivity index (χ2n) is 10.0. The molecule has 0 heterocycles. The SMILES string of the molecule is COCC(=O)[C@@]1(O)C(C)C[C@H]2[C@@H]3CCC4=CC(=O)C=C[C@]4(C)[C@@]3(F)C(O)C[C@@]21C. The molecule has 29 heavy (non-hydrogen) atoms. The third-order valence-electron chi connectivity index (χ3n) is 8.92. The number of hydrogen-bond acceptors (Lipinski definition) is 5. The van der Waals surface area contributed by atoms with Crippen LogP contribution in [0.3, 0.4) is 0 Å². The van der Waals surface area contributed by atoms with Gasteiger partial charge in [-0.1, -0.05) is 25.5 Å². The molecule has 0 amide bonds. The molecule has 0 aliphatic heterocycles. The molecule has 8 atom stereocenters. The molecular formula is C23H31FO5. The monoisotopic (exact) mass is 406 g/mol. The molecule has 4 aliphatic carbocycles. The van der Waals surface area contributed by atoms with Crippen LogP contribution < -0.4 is 0 Å². The summed E-state index contributed by atoms with van der Waals surface area (Å²) in [6.45, 7) is 5.21. The Kier molecular flexibility index (Phi) is 4.55. The number of ether oxygens (including phenoxy) is 1. The van der Waals surface area contributed by atoms with Gasteiger partial charge in [-0.25, -0.2) is 4.39 Å². The zero-order chi connectivity index (χ0) is 21.4. The molecule has 160 valence electrons. The van der Waals surface area contributed by atoms with Crippen molar-refractivity contribution in [2.75, 3.05) is 13.7 Å². The van der Waals surface area contributed by atoms with Crippen molar-refractivity contribution in [1.29, 1.82) is 0 Å². The van der Waals surface area contributed by atoms with E-state index in [-0.39, 0.29) is 30.6 Å². The van der Waals surface area contributed by atoms with Gasteiger partial charge in [-0.05, 0) is 56.6 Å². The maximum absolute atomic E-state index is 16.9. The zero-order valence-corrected chi connectivity index (χ0v) is 17.6. The Morgan fingerprint density at radius 1 is 1.34 bits per heavy atom. The fourth-order valence-corrected chi connectivity index (χ4v) is 7.38. The lowest BCUT2D eigenvalue weighted by Crippen LogP contribution is -2.69. The molecule has 5 nitrogen and oxygen atoms in total. The van der Waals surface area contributed by atoms with Gasteiger partial charge in [0.1, 0.15) is 12.2 Å². The van der Waals surface area contributed by atoms with E-state index in [0.29, 0.717) is 19.3 Å². The Morgan fingerprint density at radius 2 is 2.03 bits per heavy atom. The molecule has 4 aliphatic rings. The Balaban J connectivity index is 1.81. The van der Waals surface area contributed by atoms with Gasteiger partial charge in [-0.2, -0.15) is 0 Å². The summed E-state index contributed by atoms with van der Waals surface area (Å²) >= 11 is 0. The lowest BCUT2D eigenvalue weighted by molar-refractivity contribution is -0.219. The molecule has 6 heteroatoms. The van der Waals surface area contributed by atoms with Gasteiger partial charge in [0.2, 0.25) is 0 Å². The minimum Gasteiger partial charge on any atom is -0.390 e. The molecule has 0 aromatic heterocycles. The third-order valence-corrected chi connectivity index (χ3v) is 8.92. The van der Waals surface area contributed by atoms with Gasteiger partial charge < -0.3 is 14.9 Å². The van der Waals surface area contributed by atoms with E-state index < -0.39 is 39.9 Å². The van der Waals surface area contributed by atoms with Crippen molar-refractivity contribution in [3.05, 3.63) is 23.8 Å². The number of alkyl halides is 1. The van der Waals surface area contributed by atoms with Gasteiger partial charge in [0.25, 0.3) is 0 Å². The average Bonchev–Trinajstić information content (AvgIpc) is 2.85. The van der Waals surface area contributed by atoms with Gasteiger partial charge in [0.05, 0.1) is 6.10 Å². The Morgan fingerprint density at radius 3 is 2.69 bits per heavy atom. The first-order valence-electron chi connectivity index (χ1n) is 10.5. The molecule has 0 saturated heterocycles. The summed E-state index contributed by atoms with van der Waals surface area (Å²) in [5.41, 5.74) is -4.89. The van der Waals surface area contributed by atoms with Crippen LogP contribution in [0.2, 0.25) is 0 Å². The molecule has 3 saturated carbocycles. The van der Waals surface area contributed by atoms with Gasteiger partial charge in [0, 0.05) is 23.9 Å². The van der Waals surface area contributed by atoms with Crippen LogP contribution in [0.15, 0.2) is 23.8 Å². The number of allylic oxidation sites excluding steroid dienone is 4. The smallest absolute Gasteiger partial charge is 0.190 e. The summed E-state index contributed by atoms with van der Waals surface area (Å²) in [7, 11) is 1.41. The summed E-state index contributed by atoms with van der Waals surface area (Å²) in [6, 6.07) is 0. The number of carbonyl (C=O) groups excluding carboxylic acids is 2. The molecular weight excluding hydrogens is 375 g/mol. The molecule has 0 bridgehead atoms. The minimum atomic E-state index is -1.95. The highest BCUT2D eigenvalue weighted by molar-refractivity contribution is 6.01. The van der Waals surface area contributed by atoms with E-state index in [9.17, 15) is 19.8 Å². The quantitative estimate of drug-likeness (QED) is 0.753. The fraction of sp³-hybridized carbons (Fsp3) is 0.739. The van der Waals surface area contributed by atoms with Crippen molar-refractivity contribution in [3.63, 3.8) is 0 Å². The normalized spacial score (nSPS) is 51.1. The van der Waals surface area contributed by atoms with E-state index in [2.05, 4.69) is 0 Å². The summed E-state index contributed by atoms with van der Waals surface area (Å²) in [6.07, 6.45) is 4.72. The summed E-state index contributed by atoms with van der Waals surface area (Å²) < 4.78 is 22.0. The molecule has 4 rings (SSSR count). The first-order chi connectivity index (χ1) is 13.5. The van der Waals surface area contributed by atoms with Crippen molar-refractivity contribution in [3.8, 4) is 0 Å². The second-order valence-corrected chi connectivity index (χ2v) is 10.0. The Bertz CT molecular complexity index is 820. The third kappa shape index (κ3) is 2.31. The van der Waals surface area contributed by atoms with Gasteiger partial charge >= 0.3 is 0 Å². The molecule has 3 fully saturated rings. The fourth-order valence-electron chi connectivity index (χ4n) is 7.38. The number of rotatable bonds is 3. The first-order valence-corrected chi connectivity index (χ1v) is 10.5. The minimum absolute atomic E-state index is 0.00832. The molecule has 0 radical (unpaired) electrons. The maximum Gasteiger partial charge on any atom is 0.190 e. The number of Topliss-reactive ketones (excluding diaryl/α,β-unsaturated/α-hetero) is 1. The van der Waals surface area contributed by atoms with Crippen molar-refractivity contribution >= 4 is 11.6 Å². The number of carbonyl (C=O) groups is 2. The molecule has 2 unspecified atom stereocenters. The largest absolute Gasteiger partial charge is 0.390 e. The van der Waals surface area contributed by atoms with E-state index in [4.69, 9.17) is 4.74 Å². The number of hydrogen-bond donors (Lipinski definition) is 2. The van der Waals surface area contributed by atoms with Crippen LogP contribution in [0.4, 0.5) is 4.39 Å². The second kappa shape index (κ2) is 6.32. The predicted octanol–water partition coefficient (Wildman–Crippen LogP) is 2.55. The Hall–Kier alpha value is -1.37. The van der Waals surface area contributed by atoms with Crippen molar-refractivity contribution in [1.82, 2.24) is 0 Å². The van der Waals surface area contributed by atoms with E-state index in [0.717, 1.165) is 5.57 Å². The lowest BCUT2D eigenvalue weighted by atomic mass is 9.44. The van der Waals surface area contributed by atoms with Crippen molar-refractivity contribution in [2.24, 2.45) is 28.6 Å². The number of aliphatic hydroxyl groups is 2. The molecule has 0 aromatic carbocycles. The molecule has 0 aromatic rings.